The summed E-state index contributed by atoms with van der Waals surface area (Å²) in [5, 5.41) is 9.27. The summed E-state index contributed by atoms with van der Waals surface area (Å²) in [4.78, 5) is 28.2. The van der Waals surface area contributed by atoms with Gasteiger partial charge in [0.15, 0.2) is 0 Å². The number of aromatic amines is 1. The molecule has 1 aliphatic rings. The van der Waals surface area contributed by atoms with E-state index < -0.39 is 17.8 Å². The number of alkyl halides is 3. The van der Waals surface area contributed by atoms with Crippen molar-refractivity contribution in [3.8, 4) is 0 Å². The van der Waals surface area contributed by atoms with Crippen LogP contribution in [0, 0.1) is 0 Å². The molecule has 1 aliphatic heterocycles. The van der Waals surface area contributed by atoms with Gasteiger partial charge in [-0.3, -0.25) is 19.6 Å². The Morgan fingerprint density at radius 2 is 2.10 bits per heavy atom. The van der Waals surface area contributed by atoms with E-state index in [4.69, 9.17) is 0 Å². The molecule has 1 atom stereocenters. The molecular weight excluding hydrogens is 399 g/mol. The smallest absolute Gasteiger partial charge is 0.353 e. The Morgan fingerprint density at radius 1 is 1.33 bits per heavy atom. The zero-order chi connectivity index (χ0) is 21.7. The van der Waals surface area contributed by atoms with E-state index in [2.05, 4.69) is 15.5 Å². The maximum atomic E-state index is 13.3. The highest BCUT2D eigenvalue weighted by Gasteiger charge is 2.36. The number of piperazine rings is 1. The van der Waals surface area contributed by atoms with Crippen molar-refractivity contribution in [3.63, 3.8) is 0 Å². The fourth-order valence-electron chi connectivity index (χ4n) is 3.48. The topological polar surface area (TPSA) is 81.3 Å². The number of likely N-dealkylation sites (N-methyl/N-ethyl adjacent to an activating group) is 1. The largest absolute Gasteiger partial charge is 0.416 e. The lowest BCUT2D eigenvalue weighted by atomic mass is 10.0. The van der Waals surface area contributed by atoms with E-state index in [1.54, 1.807) is 30.4 Å². The number of carbonyl (C=O) groups is 2. The fourth-order valence-corrected chi connectivity index (χ4v) is 3.48. The second kappa shape index (κ2) is 9.29. The van der Waals surface area contributed by atoms with Crippen LogP contribution in [0.5, 0.6) is 0 Å². The van der Waals surface area contributed by atoms with E-state index in [0.717, 1.165) is 11.6 Å². The van der Waals surface area contributed by atoms with Gasteiger partial charge in [0.2, 0.25) is 11.8 Å². The van der Waals surface area contributed by atoms with Crippen LogP contribution in [-0.4, -0.2) is 64.5 Å². The van der Waals surface area contributed by atoms with Crippen LogP contribution in [-0.2, 0) is 28.7 Å². The number of halogens is 3. The van der Waals surface area contributed by atoms with Crippen molar-refractivity contribution in [1.82, 2.24) is 25.3 Å². The van der Waals surface area contributed by atoms with Crippen LogP contribution in [0.25, 0.3) is 0 Å². The van der Waals surface area contributed by atoms with Crippen molar-refractivity contribution in [2.75, 3.05) is 26.7 Å². The van der Waals surface area contributed by atoms with Gasteiger partial charge in [0.25, 0.3) is 0 Å². The molecule has 2 amide bonds. The van der Waals surface area contributed by atoms with Gasteiger partial charge in [0, 0.05) is 39.4 Å². The van der Waals surface area contributed by atoms with Crippen LogP contribution in [0.2, 0.25) is 0 Å². The number of benzene rings is 1. The number of nitrogens with zero attached hydrogens (tertiary/aromatic N) is 3. The minimum atomic E-state index is -4.48. The third-order valence-corrected chi connectivity index (χ3v) is 5.22. The molecule has 2 heterocycles. The summed E-state index contributed by atoms with van der Waals surface area (Å²) in [5.74, 6) is -0.586. The van der Waals surface area contributed by atoms with Crippen LogP contribution in [0.3, 0.4) is 0 Å². The van der Waals surface area contributed by atoms with Crippen molar-refractivity contribution in [1.29, 1.82) is 0 Å². The van der Waals surface area contributed by atoms with E-state index in [-0.39, 0.29) is 30.3 Å². The number of hydrogen-bond acceptors (Lipinski definition) is 4. The molecule has 7 nitrogen and oxygen atoms in total. The highest BCUT2D eigenvalue weighted by Crippen LogP contribution is 2.32. The molecular formula is C20H24F3N5O2. The highest BCUT2D eigenvalue weighted by atomic mass is 19.4. The summed E-state index contributed by atoms with van der Waals surface area (Å²) in [6.45, 7) is 1.09. The quantitative estimate of drug-likeness (QED) is 0.712. The first-order chi connectivity index (χ1) is 14.3. The van der Waals surface area contributed by atoms with E-state index in [0.29, 0.717) is 26.1 Å². The zero-order valence-electron chi connectivity index (χ0n) is 16.6. The lowest BCUT2D eigenvalue weighted by Crippen LogP contribution is -2.56. The van der Waals surface area contributed by atoms with Crippen molar-refractivity contribution < 1.29 is 22.8 Å². The molecule has 0 radical (unpaired) electrons. The van der Waals surface area contributed by atoms with Gasteiger partial charge in [0.1, 0.15) is 0 Å². The number of nitrogens with one attached hydrogen (secondary N) is 2. The number of aromatic nitrogens is 2. The molecule has 0 aliphatic carbocycles. The van der Waals surface area contributed by atoms with Crippen LogP contribution >= 0.6 is 0 Å². The molecule has 1 fully saturated rings. The first-order valence-electron chi connectivity index (χ1n) is 9.64. The number of hydrogen-bond donors (Lipinski definition) is 2. The van der Waals surface area contributed by atoms with Gasteiger partial charge in [-0.2, -0.15) is 18.3 Å². The van der Waals surface area contributed by atoms with Gasteiger partial charge in [-0.05, 0) is 23.6 Å². The second-order valence-corrected chi connectivity index (χ2v) is 7.31. The molecule has 10 heteroatoms. The molecule has 2 aromatic rings. The number of amides is 2. The third kappa shape index (κ3) is 5.38. The van der Waals surface area contributed by atoms with Gasteiger partial charge in [-0.1, -0.05) is 18.2 Å². The SMILES string of the molecule is CN(CCc1cn[nH]c1)C(=O)C[C@@H]1C(=O)NCCN1Cc1ccccc1C(F)(F)F. The van der Waals surface area contributed by atoms with Crippen LogP contribution < -0.4 is 5.32 Å². The molecule has 162 valence electrons. The Labute approximate surface area is 172 Å². The molecule has 1 aromatic heterocycles. The van der Waals surface area contributed by atoms with Gasteiger partial charge >= 0.3 is 6.18 Å². The molecule has 3 rings (SSSR count). The van der Waals surface area contributed by atoms with Gasteiger partial charge in [0.05, 0.1) is 24.2 Å². The van der Waals surface area contributed by atoms with Crippen LogP contribution in [0.4, 0.5) is 13.2 Å². The van der Waals surface area contributed by atoms with Gasteiger partial charge in [-0.25, -0.2) is 0 Å². The predicted molar refractivity (Wildman–Crippen MR) is 103 cm³/mol. The molecule has 1 aromatic carbocycles. The molecule has 0 bridgehead atoms. The highest BCUT2D eigenvalue weighted by molar-refractivity contribution is 5.88. The van der Waals surface area contributed by atoms with Gasteiger partial charge in [-0.15, -0.1) is 0 Å². The summed E-state index contributed by atoms with van der Waals surface area (Å²) in [6.07, 6.45) is -0.549. The Bertz CT molecular complexity index is 870. The maximum absolute atomic E-state index is 13.3. The van der Waals surface area contributed by atoms with E-state index in [9.17, 15) is 22.8 Å². The molecule has 2 N–H and O–H groups in total. The summed E-state index contributed by atoms with van der Waals surface area (Å²) in [6, 6.07) is 4.50. The van der Waals surface area contributed by atoms with Crippen molar-refractivity contribution >= 4 is 11.8 Å². The predicted octanol–water partition coefficient (Wildman–Crippen LogP) is 1.82. The standard InChI is InChI=1S/C20H24F3N5O2/c1-27(8-6-14-11-25-26-12-14)18(29)10-17-19(30)24-7-9-28(17)13-15-4-2-3-5-16(15)20(21,22)23/h2-5,11-12,17H,6-10,13H2,1H3,(H,24,30)(H,25,26)/t17-/m1/s1. The average Bonchev–Trinajstić information content (AvgIpc) is 3.22. The van der Waals surface area contributed by atoms with E-state index >= 15 is 0 Å². The van der Waals surface area contributed by atoms with E-state index in [1.807, 2.05) is 0 Å². The van der Waals surface area contributed by atoms with Gasteiger partial charge < -0.3 is 10.2 Å². The van der Waals surface area contributed by atoms with Crippen LogP contribution in [0.1, 0.15) is 23.1 Å². The van der Waals surface area contributed by atoms with E-state index in [1.165, 1.54) is 17.0 Å². The maximum Gasteiger partial charge on any atom is 0.416 e. The Morgan fingerprint density at radius 3 is 2.80 bits per heavy atom. The van der Waals surface area contributed by atoms with Crippen molar-refractivity contribution in [2.24, 2.45) is 0 Å². The summed E-state index contributed by atoms with van der Waals surface area (Å²) in [7, 11) is 1.65. The van der Waals surface area contributed by atoms with Crippen molar-refractivity contribution in [2.45, 2.75) is 31.6 Å². The normalized spacial score (nSPS) is 17.6. The Kier molecular flexibility index (Phi) is 6.76. The summed E-state index contributed by atoms with van der Waals surface area (Å²) in [5.41, 5.74) is 0.319. The zero-order valence-corrected chi connectivity index (χ0v) is 16.6. The summed E-state index contributed by atoms with van der Waals surface area (Å²) < 4.78 is 40.0. The first-order valence-corrected chi connectivity index (χ1v) is 9.64. The lowest BCUT2D eigenvalue weighted by Gasteiger charge is -2.36. The molecule has 0 saturated carbocycles. The molecule has 30 heavy (non-hydrogen) atoms. The van der Waals surface area contributed by atoms with Crippen LogP contribution in [0.15, 0.2) is 36.7 Å². The molecule has 1 saturated heterocycles. The Hall–Kier alpha value is -2.88. The number of carbonyl (C=O) groups excluding carboxylic acids is 2. The van der Waals surface area contributed by atoms with Crippen molar-refractivity contribution in [3.05, 3.63) is 53.3 Å². The number of H-pyrrole nitrogens is 1. The Balaban J connectivity index is 1.68. The monoisotopic (exact) mass is 423 g/mol. The minimum Gasteiger partial charge on any atom is -0.353 e. The summed E-state index contributed by atoms with van der Waals surface area (Å²) >= 11 is 0. The fraction of sp³-hybridized carbons (Fsp3) is 0.450. The third-order valence-electron chi connectivity index (χ3n) is 5.22. The molecule has 0 spiro atoms. The number of rotatable bonds is 7. The second-order valence-electron chi connectivity index (χ2n) is 7.31. The minimum absolute atomic E-state index is 0.0558. The lowest BCUT2D eigenvalue weighted by molar-refractivity contribution is -0.140. The average molecular weight is 423 g/mol. The molecule has 0 unspecified atom stereocenters. The first kappa shape index (κ1) is 21.8.